The fourth-order valence-corrected chi connectivity index (χ4v) is 3.68. The zero-order valence-electron chi connectivity index (χ0n) is 21.0. The minimum atomic E-state index is -0.532. The van der Waals surface area contributed by atoms with Gasteiger partial charge in [0.2, 0.25) is 0 Å². The first-order chi connectivity index (χ1) is 17.1. The summed E-state index contributed by atoms with van der Waals surface area (Å²) in [5, 5.41) is 11.1. The molecule has 8 heteroatoms. The van der Waals surface area contributed by atoms with Crippen LogP contribution in [0, 0.1) is 6.92 Å². The Hall–Kier alpha value is -4.20. The molecule has 2 N–H and O–H groups in total. The molecule has 0 aliphatic rings. The summed E-state index contributed by atoms with van der Waals surface area (Å²) < 4.78 is 6.99. The van der Waals surface area contributed by atoms with E-state index in [0.717, 1.165) is 33.3 Å². The highest BCUT2D eigenvalue weighted by atomic mass is 16.6. The molecular formula is C28H31N5O3. The van der Waals surface area contributed by atoms with E-state index in [0.29, 0.717) is 25.2 Å². The fraction of sp³-hybridized carbons (Fsp3) is 0.286. The zero-order valence-corrected chi connectivity index (χ0v) is 21.0. The third kappa shape index (κ3) is 6.91. The summed E-state index contributed by atoms with van der Waals surface area (Å²) >= 11 is 0. The van der Waals surface area contributed by atoms with E-state index in [1.54, 1.807) is 17.1 Å². The molecule has 0 fully saturated rings. The van der Waals surface area contributed by atoms with Gasteiger partial charge in [-0.15, -0.1) is 0 Å². The standard InChI is InChI=1S/C28H31N5O3/c1-19-5-11-23-13-22(10-12-25(23)32-19)17-33-18-24(16-31-33)26(34)29-14-20-6-8-21(9-7-20)15-30-27(35)36-28(2,3)4/h5-13,16,18H,14-15,17H2,1-4H3,(H,29,34)(H,30,35). The molecule has 0 radical (unpaired) electrons. The molecule has 0 atom stereocenters. The maximum Gasteiger partial charge on any atom is 0.407 e. The minimum absolute atomic E-state index is 0.185. The van der Waals surface area contributed by atoms with E-state index < -0.39 is 11.7 Å². The largest absolute Gasteiger partial charge is 0.444 e. The number of nitrogens with zero attached hydrogens (tertiary/aromatic N) is 3. The Kier molecular flexibility index (Phi) is 7.33. The molecule has 186 valence electrons. The highest BCUT2D eigenvalue weighted by Crippen LogP contribution is 2.16. The Morgan fingerprint density at radius 2 is 1.58 bits per heavy atom. The van der Waals surface area contributed by atoms with Crippen LogP contribution in [0.5, 0.6) is 0 Å². The molecule has 0 saturated carbocycles. The number of pyridine rings is 1. The summed E-state index contributed by atoms with van der Waals surface area (Å²) in [7, 11) is 0. The van der Waals surface area contributed by atoms with Crippen molar-refractivity contribution in [3.05, 3.63) is 94.9 Å². The van der Waals surface area contributed by atoms with Crippen molar-refractivity contribution in [2.24, 2.45) is 0 Å². The minimum Gasteiger partial charge on any atom is -0.444 e. The van der Waals surface area contributed by atoms with Crippen LogP contribution in [-0.4, -0.2) is 32.4 Å². The van der Waals surface area contributed by atoms with Gasteiger partial charge in [0.25, 0.3) is 5.91 Å². The number of carbonyl (C=O) groups is 2. The first-order valence-corrected chi connectivity index (χ1v) is 11.9. The van der Waals surface area contributed by atoms with Crippen LogP contribution in [0.15, 0.2) is 67.0 Å². The molecule has 0 spiro atoms. The number of hydrogen-bond acceptors (Lipinski definition) is 5. The van der Waals surface area contributed by atoms with Crippen LogP contribution in [0.2, 0.25) is 0 Å². The molecule has 0 aliphatic heterocycles. The van der Waals surface area contributed by atoms with E-state index in [2.05, 4.69) is 32.8 Å². The molecule has 2 aromatic heterocycles. The average molecular weight is 486 g/mol. The summed E-state index contributed by atoms with van der Waals surface area (Å²) in [6.07, 6.45) is 2.87. The van der Waals surface area contributed by atoms with Gasteiger partial charge in [0.15, 0.2) is 0 Å². The maximum atomic E-state index is 12.6. The molecule has 8 nitrogen and oxygen atoms in total. The molecular weight excluding hydrogens is 454 g/mol. The Bertz CT molecular complexity index is 1370. The van der Waals surface area contributed by atoms with Gasteiger partial charge in [-0.05, 0) is 62.6 Å². The summed E-state index contributed by atoms with van der Waals surface area (Å²) in [6, 6.07) is 17.9. The Labute approximate surface area is 210 Å². The first kappa shape index (κ1) is 24.9. The zero-order chi connectivity index (χ0) is 25.7. The van der Waals surface area contributed by atoms with Gasteiger partial charge in [0.05, 0.1) is 23.8 Å². The molecule has 2 aromatic carbocycles. The van der Waals surface area contributed by atoms with Crippen molar-refractivity contribution in [3.8, 4) is 0 Å². The van der Waals surface area contributed by atoms with Crippen molar-refractivity contribution in [1.29, 1.82) is 0 Å². The molecule has 0 bridgehead atoms. The van der Waals surface area contributed by atoms with Gasteiger partial charge in [-0.2, -0.15) is 5.10 Å². The van der Waals surface area contributed by atoms with E-state index in [1.165, 1.54) is 0 Å². The van der Waals surface area contributed by atoms with Crippen molar-refractivity contribution in [2.45, 2.75) is 52.9 Å². The number of fused-ring (bicyclic) bond motifs is 1. The highest BCUT2D eigenvalue weighted by Gasteiger charge is 2.15. The van der Waals surface area contributed by atoms with Crippen LogP contribution < -0.4 is 10.6 Å². The van der Waals surface area contributed by atoms with Crippen molar-refractivity contribution in [3.63, 3.8) is 0 Å². The second kappa shape index (κ2) is 10.6. The Morgan fingerprint density at radius 1 is 0.917 bits per heavy atom. The van der Waals surface area contributed by atoms with Gasteiger partial charge in [-0.25, -0.2) is 4.79 Å². The van der Waals surface area contributed by atoms with Gasteiger partial charge in [0, 0.05) is 30.4 Å². The van der Waals surface area contributed by atoms with Crippen molar-refractivity contribution in [1.82, 2.24) is 25.4 Å². The lowest BCUT2D eigenvalue weighted by Crippen LogP contribution is -2.32. The van der Waals surface area contributed by atoms with Crippen LogP contribution in [-0.2, 0) is 24.4 Å². The number of benzene rings is 2. The quantitative estimate of drug-likeness (QED) is 0.394. The van der Waals surface area contributed by atoms with E-state index >= 15 is 0 Å². The number of ether oxygens (including phenoxy) is 1. The van der Waals surface area contributed by atoms with Crippen molar-refractivity contribution in [2.75, 3.05) is 0 Å². The Balaban J connectivity index is 1.27. The molecule has 0 saturated heterocycles. The van der Waals surface area contributed by atoms with Gasteiger partial charge in [0.1, 0.15) is 5.60 Å². The number of aryl methyl sites for hydroxylation is 1. The number of alkyl carbamates (subject to hydrolysis) is 1. The smallest absolute Gasteiger partial charge is 0.407 e. The summed E-state index contributed by atoms with van der Waals surface area (Å²) in [6.45, 7) is 8.77. The second-order valence-electron chi connectivity index (χ2n) is 9.76. The number of aromatic nitrogens is 3. The van der Waals surface area contributed by atoms with Gasteiger partial charge < -0.3 is 15.4 Å². The number of rotatable bonds is 7. The molecule has 0 aliphatic carbocycles. The van der Waals surface area contributed by atoms with E-state index in [-0.39, 0.29) is 5.91 Å². The lowest BCUT2D eigenvalue weighted by molar-refractivity contribution is 0.0523. The third-order valence-corrected chi connectivity index (χ3v) is 5.44. The van der Waals surface area contributed by atoms with Crippen molar-refractivity contribution < 1.29 is 14.3 Å². The fourth-order valence-electron chi connectivity index (χ4n) is 3.68. The van der Waals surface area contributed by atoms with Crippen LogP contribution >= 0.6 is 0 Å². The highest BCUT2D eigenvalue weighted by molar-refractivity contribution is 5.93. The average Bonchev–Trinajstić information content (AvgIpc) is 3.29. The number of carbonyl (C=O) groups excluding carboxylic acids is 2. The normalized spacial score (nSPS) is 11.3. The van der Waals surface area contributed by atoms with E-state index in [4.69, 9.17) is 4.74 Å². The SMILES string of the molecule is Cc1ccc2cc(Cn3cc(C(=O)NCc4ccc(CNC(=O)OC(C)(C)C)cc4)cn3)ccc2n1. The molecule has 2 heterocycles. The van der Waals surface area contributed by atoms with E-state index in [9.17, 15) is 9.59 Å². The summed E-state index contributed by atoms with van der Waals surface area (Å²) in [5.41, 5.74) is 4.91. The first-order valence-electron chi connectivity index (χ1n) is 11.9. The molecule has 0 unspecified atom stereocenters. The lowest BCUT2D eigenvalue weighted by atomic mass is 10.1. The number of nitrogens with one attached hydrogen (secondary N) is 2. The third-order valence-electron chi connectivity index (χ3n) is 5.44. The topological polar surface area (TPSA) is 98.1 Å². The molecule has 36 heavy (non-hydrogen) atoms. The predicted molar refractivity (Wildman–Crippen MR) is 138 cm³/mol. The molecule has 4 aromatic rings. The molecule has 2 amide bonds. The summed E-state index contributed by atoms with van der Waals surface area (Å²) in [4.78, 5) is 28.9. The lowest BCUT2D eigenvalue weighted by Gasteiger charge is -2.19. The van der Waals surface area contributed by atoms with Gasteiger partial charge in [-0.3, -0.25) is 14.5 Å². The predicted octanol–water partition coefficient (Wildman–Crippen LogP) is 4.74. The monoisotopic (exact) mass is 485 g/mol. The van der Waals surface area contributed by atoms with Crippen molar-refractivity contribution >= 4 is 22.9 Å². The second-order valence-corrected chi connectivity index (χ2v) is 9.76. The van der Waals surface area contributed by atoms with Crippen LogP contribution in [0.25, 0.3) is 10.9 Å². The van der Waals surface area contributed by atoms with Crippen LogP contribution in [0.3, 0.4) is 0 Å². The molecule has 4 rings (SSSR count). The van der Waals surface area contributed by atoms with Gasteiger partial charge >= 0.3 is 6.09 Å². The van der Waals surface area contributed by atoms with Gasteiger partial charge in [-0.1, -0.05) is 36.4 Å². The number of amides is 2. The maximum absolute atomic E-state index is 12.6. The number of hydrogen-bond donors (Lipinski definition) is 2. The Morgan fingerprint density at radius 3 is 2.28 bits per heavy atom. The van der Waals surface area contributed by atoms with E-state index in [1.807, 2.05) is 70.2 Å². The van der Waals surface area contributed by atoms with Crippen LogP contribution in [0.1, 0.15) is 53.5 Å². The summed E-state index contributed by atoms with van der Waals surface area (Å²) in [5.74, 6) is -0.185. The van der Waals surface area contributed by atoms with Crippen LogP contribution in [0.4, 0.5) is 4.79 Å².